The van der Waals surface area contributed by atoms with Crippen LogP contribution in [0.3, 0.4) is 0 Å². The largest absolute Gasteiger partial charge is 0.339 e. The second kappa shape index (κ2) is 10.2. The van der Waals surface area contributed by atoms with Crippen molar-refractivity contribution in [2.24, 2.45) is 5.92 Å². The van der Waals surface area contributed by atoms with Gasteiger partial charge in [0.25, 0.3) is 11.1 Å². The van der Waals surface area contributed by atoms with Gasteiger partial charge in [0.15, 0.2) is 0 Å². The lowest BCUT2D eigenvalue weighted by molar-refractivity contribution is 0.102. The third kappa shape index (κ3) is 5.64. The zero-order valence-corrected chi connectivity index (χ0v) is 20.6. The molecule has 7 nitrogen and oxygen atoms in total. The number of anilines is 1. The van der Waals surface area contributed by atoms with Crippen molar-refractivity contribution in [1.82, 2.24) is 9.21 Å². The molecule has 1 aliphatic rings. The number of nitrogens with one attached hydrogen (secondary N) is 1. The van der Waals surface area contributed by atoms with Crippen molar-refractivity contribution in [3.63, 3.8) is 0 Å². The summed E-state index contributed by atoms with van der Waals surface area (Å²) >= 11 is 7.22. The van der Waals surface area contributed by atoms with Crippen LogP contribution in [0.15, 0.2) is 52.3 Å². The molecule has 10 heteroatoms. The molecule has 1 heterocycles. The first-order valence-corrected chi connectivity index (χ1v) is 12.8. The van der Waals surface area contributed by atoms with Gasteiger partial charge in [-0.15, -0.1) is 0 Å². The highest BCUT2D eigenvalue weighted by molar-refractivity contribution is 8.13. The third-order valence-electron chi connectivity index (χ3n) is 5.13. The van der Waals surface area contributed by atoms with Gasteiger partial charge in [-0.2, -0.15) is 4.31 Å². The smallest absolute Gasteiger partial charge is 0.286 e. The second-order valence-corrected chi connectivity index (χ2v) is 11.3. The Morgan fingerprint density at radius 2 is 1.91 bits per heavy atom. The van der Waals surface area contributed by atoms with E-state index in [-0.39, 0.29) is 26.6 Å². The van der Waals surface area contributed by atoms with Crippen LogP contribution >= 0.6 is 23.4 Å². The Bertz CT molecular complexity index is 1120. The number of thioether (sulfide) groups is 1. The van der Waals surface area contributed by atoms with Crippen LogP contribution in [-0.2, 0) is 10.0 Å². The molecular weight excluding hydrogens is 470 g/mol. The molecule has 0 radical (unpaired) electrons. The number of hydrogen-bond donors (Lipinski definition) is 1. The van der Waals surface area contributed by atoms with Crippen LogP contribution in [0, 0.1) is 5.92 Å². The summed E-state index contributed by atoms with van der Waals surface area (Å²) in [5.74, 6) is -0.224. The average molecular weight is 496 g/mol. The Kier molecular flexibility index (Phi) is 7.87. The maximum absolute atomic E-state index is 13.2. The first kappa shape index (κ1) is 24.6. The van der Waals surface area contributed by atoms with Crippen molar-refractivity contribution in [2.45, 2.75) is 29.6 Å². The van der Waals surface area contributed by atoms with Crippen LogP contribution in [0.25, 0.3) is 0 Å². The van der Waals surface area contributed by atoms with E-state index in [2.05, 4.69) is 5.32 Å². The van der Waals surface area contributed by atoms with E-state index < -0.39 is 15.9 Å². The predicted octanol–water partition coefficient (Wildman–Crippen LogP) is 4.79. The highest BCUT2D eigenvalue weighted by Gasteiger charge is 2.31. The highest BCUT2D eigenvalue weighted by atomic mass is 35.5. The van der Waals surface area contributed by atoms with Crippen LogP contribution < -0.4 is 5.32 Å². The fraction of sp³-hybridized carbons (Fsp3) is 0.364. The standard InChI is InChI=1S/C22H26ClN3O4S2/c1-15-7-6-12-26(14-15)32(29,30)20-13-16(10-11-17(20)23)21(27)24-18-8-4-5-9-19(18)31-22(28)25(2)3/h4-5,8-11,13,15H,6-7,12,14H2,1-3H3,(H,24,27). The molecule has 1 aliphatic heterocycles. The van der Waals surface area contributed by atoms with E-state index in [0.29, 0.717) is 23.7 Å². The van der Waals surface area contributed by atoms with Crippen molar-refractivity contribution in [3.8, 4) is 0 Å². The zero-order chi connectivity index (χ0) is 23.5. The number of sulfonamides is 1. The van der Waals surface area contributed by atoms with E-state index in [9.17, 15) is 18.0 Å². The van der Waals surface area contributed by atoms with Crippen molar-refractivity contribution in [3.05, 3.63) is 53.1 Å². The summed E-state index contributed by atoms with van der Waals surface area (Å²) in [6.45, 7) is 2.88. The van der Waals surface area contributed by atoms with Gasteiger partial charge < -0.3 is 10.2 Å². The summed E-state index contributed by atoms with van der Waals surface area (Å²) in [4.78, 5) is 27.0. The number of piperidine rings is 1. The fourth-order valence-corrected chi connectivity index (χ4v) is 6.23. The molecular formula is C22H26ClN3O4S2. The molecule has 172 valence electrons. The van der Waals surface area contributed by atoms with Gasteiger partial charge in [-0.25, -0.2) is 8.42 Å². The van der Waals surface area contributed by atoms with E-state index >= 15 is 0 Å². The van der Waals surface area contributed by atoms with Crippen LogP contribution in [0.4, 0.5) is 10.5 Å². The monoisotopic (exact) mass is 495 g/mol. The van der Waals surface area contributed by atoms with E-state index in [4.69, 9.17) is 11.6 Å². The van der Waals surface area contributed by atoms with E-state index in [1.165, 1.54) is 27.4 Å². The first-order valence-electron chi connectivity index (χ1n) is 10.2. The van der Waals surface area contributed by atoms with Gasteiger partial charge in [-0.05, 0) is 60.9 Å². The average Bonchev–Trinajstić information content (AvgIpc) is 2.75. The molecule has 2 aromatic carbocycles. The molecule has 2 amide bonds. The molecule has 3 rings (SSSR count). The minimum Gasteiger partial charge on any atom is -0.339 e. The summed E-state index contributed by atoms with van der Waals surface area (Å²) in [7, 11) is -0.525. The number of nitrogens with zero attached hydrogens (tertiary/aromatic N) is 2. The summed E-state index contributed by atoms with van der Waals surface area (Å²) in [6, 6.07) is 11.2. The van der Waals surface area contributed by atoms with E-state index in [0.717, 1.165) is 24.6 Å². The number of halogens is 1. The molecule has 0 aliphatic carbocycles. The van der Waals surface area contributed by atoms with Crippen LogP contribution in [-0.4, -0.2) is 56.0 Å². The van der Waals surface area contributed by atoms with Crippen molar-refractivity contribution < 1.29 is 18.0 Å². The molecule has 1 unspecified atom stereocenters. The Morgan fingerprint density at radius 1 is 1.19 bits per heavy atom. The lowest BCUT2D eigenvalue weighted by Crippen LogP contribution is -2.39. The number of para-hydroxylation sites is 1. The topological polar surface area (TPSA) is 86.8 Å². The number of carbonyl (C=O) groups is 2. The van der Waals surface area contributed by atoms with Gasteiger partial charge in [0.1, 0.15) is 4.90 Å². The minimum absolute atomic E-state index is 0.0762. The molecule has 0 aromatic heterocycles. The van der Waals surface area contributed by atoms with E-state index in [1.807, 2.05) is 6.92 Å². The zero-order valence-electron chi connectivity index (χ0n) is 18.2. The van der Waals surface area contributed by atoms with Gasteiger partial charge in [0.2, 0.25) is 10.0 Å². The van der Waals surface area contributed by atoms with Gasteiger partial charge >= 0.3 is 0 Å². The van der Waals surface area contributed by atoms with Crippen LogP contribution in [0.5, 0.6) is 0 Å². The lowest BCUT2D eigenvalue weighted by atomic mass is 10.0. The van der Waals surface area contributed by atoms with E-state index in [1.54, 1.807) is 38.4 Å². The number of hydrogen-bond acceptors (Lipinski definition) is 5. The highest BCUT2D eigenvalue weighted by Crippen LogP contribution is 2.31. The number of carbonyl (C=O) groups excluding carboxylic acids is 2. The molecule has 1 N–H and O–H groups in total. The Hall–Kier alpha value is -2.07. The maximum Gasteiger partial charge on any atom is 0.286 e. The van der Waals surface area contributed by atoms with Gasteiger partial charge in [0.05, 0.1) is 10.7 Å². The maximum atomic E-state index is 13.2. The Morgan fingerprint density at radius 3 is 2.59 bits per heavy atom. The molecule has 0 bridgehead atoms. The van der Waals surface area contributed by atoms with Crippen molar-refractivity contribution >= 4 is 50.2 Å². The quantitative estimate of drug-likeness (QED) is 0.603. The third-order valence-corrected chi connectivity index (χ3v) is 8.59. The van der Waals surface area contributed by atoms with Crippen LogP contribution in [0.2, 0.25) is 5.02 Å². The predicted molar refractivity (Wildman–Crippen MR) is 128 cm³/mol. The van der Waals surface area contributed by atoms with Gasteiger partial charge in [-0.1, -0.05) is 30.7 Å². The molecule has 0 spiro atoms. The molecule has 1 saturated heterocycles. The molecule has 1 fully saturated rings. The summed E-state index contributed by atoms with van der Waals surface area (Å²) in [6.07, 6.45) is 1.77. The second-order valence-electron chi connectivity index (χ2n) is 7.97. The van der Waals surface area contributed by atoms with Crippen molar-refractivity contribution in [1.29, 1.82) is 0 Å². The minimum atomic E-state index is -3.82. The lowest BCUT2D eigenvalue weighted by Gasteiger charge is -2.30. The summed E-state index contributed by atoms with van der Waals surface area (Å²) < 4.78 is 27.8. The van der Waals surface area contributed by atoms with Gasteiger partial charge in [-0.3, -0.25) is 9.59 Å². The molecule has 2 aromatic rings. The number of rotatable bonds is 5. The Labute approximate surface area is 198 Å². The molecule has 1 atom stereocenters. The van der Waals surface area contributed by atoms with Crippen molar-refractivity contribution in [2.75, 3.05) is 32.5 Å². The summed E-state index contributed by atoms with van der Waals surface area (Å²) in [5.41, 5.74) is 0.624. The SMILES string of the molecule is CC1CCCN(S(=O)(=O)c2cc(C(=O)Nc3ccccc3SC(=O)N(C)C)ccc2Cl)C1. The summed E-state index contributed by atoms with van der Waals surface area (Å²) in [5, 5.41) is 2.67. The molecule has 32 heavy (non-hydrogen) atoms. The normalized spacial score (nSPS) is 17.1. The van der Waals surface area contributed by atoms with Gasteiger partial charge in [0, 0.05) is 37.6 Å². The number of benzene rings is 2. The van der Waals surface area contributed by atoms with Crippen LogP contribution in [0.1, 0.15) is 30.1 Å². The Balaban J connectivity index is 1.86. The molecule has 0 saturated carbocycles. The fourth-order valence-electron chi connectivity index (χ4n) is 3.38. The number of amides is 2. The first-order chi connectivity index (χ1) is 15.1.